The Morgan fingerprint density at radius 3 is 2.68 bits per heavy atom. The molecule has 22 heavy (non-hydrogen) atoms. The molecule has 0 radical (unpaired) electrons. The minimum atomic E-state index is -0.00902. The van der Waals surface area contributed by atoms with Gasteiger partial charge in [0.25, 0.3) is 0 Å². The second kappa shape index (κ2) is 8.17. The van der Waals surface area contributed by atoms with E-state index in [1.807, 2.05) is 24.0 Å². The Labute approximate surface area is 133 Å². The van der Waals surface area contributed by atoms with E-state index in [2.05, 4.69) is 29.2 Å². The van der Waals surface area contributed by atoms with Gasteiger partial charge in [-0.1, -0.05) is 13.8 Å². The van der Waals surface area contributed by atoms with Crippen LogP contribution >= 0.6 is 0 Å². The number of hydrogen-bond donors (Lipinski definition) is 1. The molecule has 6 heteroatoms. The molecule has 2 rings (SSSR count). The lowest BCUT2D eigenvalue weighted by molar-refractivity contribution is 0.141. The van der Waals surface area contributed by atoms with Gasteiger partial charge in [0, 0.05) is 52.2 Å². The number of urea groups is 1. The first-order valence-corrected chi connectivity index (χ1v) is 8.23. The molecular formula is C16H29N5O. The molecular weight excluding hydrogens is 278 g/mol. The second-order valence-corrected chi connectivity index (χ2v) is 6.63. The lowest BCUT2D eigenvalue weighted by Crippen LogP contribution is -2.45. The van der Waals surface area contributed by atoms with Gasteiger partial charge in [0.1, 0.15) is 0 Å². The van der Waals surface area contributed by atoms with E-state index in [1.54, 1.807) is 11.1 Å². The van der Waals surface area contributed by atoms with E-state index in [0.717, 1.165) is 38.0 Å². The first-order valence-electron chi connectivity index (χ1n) is 8.23. The lowest BCUT2D eigenvalue weighted by Gasteiger charge is -2.35. The molecule has 0 spiro atoms. The van der Waals surface area contributed by atoms with Gasteiger partial charge in [0.2, 0.25) is 0 Å². The molecule has 1 aliphatic heterocycles. The number of aromatic nitrogens is 2. The van der Waals surface area contributed by atoms with E-state index in [9.17, 15) is 4.79 Å². The zero-order chi connectivity index (χ0) is 15.9. The van der Waals surface area contributed by atoms with Crippen LogP contribution in [-0.4, -0.2) is 65.4 Å². The molecule has 2 heterocycles. The molecule has 1 N–H and O–H groups in total. The molecule has 1 saturated heterocycles. The largest absolute Gasteiger partial charge is 0.337 e. The van der Waals surface area contributed by atoms with Gasteiger partial charge in [0.15, 0.2) is 0 Å². The average Bonchev–Trinajstić information content (AvgIpc) is 2.96. The van der Waals surface area contributed by atoms with Gasteiger partial charge in [-0.25, -0.2) is 4.79 Å². The zero-order valence-electron chi connectivity index (χ0n) is 14.0. The number of nitrogens with one attached hydrogen (secondary N) is 1. The van der Waals surface area contributed by atoms with Gasteiger partial charge in [0.05, 0.1) is 6.54 Å². The van der Waals surface area contributed by atoms with E-state index in [0.29, 0.717) is 13.1 Å². The van der Waals surface area contributed by atoms with E-state index >= 15 is 0 Å². The normalized spacial score (nSPS) is 22.5. The van der Waals surface area contributed by atoms with Crippen molar-refractivity contribution in [1.82, 2.24) is 24.9 Å². The Balaban J connectivity index is 1.62. The van der Waals surface area contributed by atoms with Crippen LogP contribution in [-0.2, 0) is 6.54 Å². The van der Waals surface area contributed by atoms with Crippen molar-refractivity contribution in [2.45, 2.75) is 26.8 Å². The maximum Gasteiger partial charge on any atom is 0.317 e. The van der Waals surface area contributed by atoms with Crippen LogP contribution in [0, 0.1) is 11.8 Å². The Kier molecular flexibility index (Phi) is 6.24. The molecule has 0 unspecified atom stereocenters. The molecule has 2 amide bonds. The van der Waals surface area contributed by atoms with Gasteiger partial charge in [-0.2, -0.15) is 5.10 Å². The molecule has 0 bridgehead atoms. The summed E-state index contributed by atoms with van der Waals surface area (Å²) in [5.74, 6) is 1.52. The highest BCUT2D eigenvalue weighted by atomic mass is 16.2. The first kappa shape index (κ1) is 16.8. The summed E-state index contributed by atoms with van der Waals surface area (Å²) in [6.45, 7) is 9.94. The van der Waals surface area contributed by atoms with Crippen LogP contribution in [0.2, 0.25) is 0 Å². The Bertz CT molecular complexity index is 437. The van der Waals surface area contributed by atoms with Crippen molar-refractivity contribution >= 4 is 6.03 Å². The minimum Gasteiger partial charge on any atom is -0.337 e. The topological polar surface area (TPSA) is 53.4 Å². The van der Waals surface area contributed by atoms with Crippen LogP contribution in [0.5, 0.6) is 0 Å². The van der Waals surface area contributed by atoms with Crippen LogP contribution < -0.4 is 5.32 Å². The summed E-state index contributed by atoms with van der Waals surface area (Å²) in [6.07, 6.45) is 4.98. The maximum atomic E-state index is 12.0. The fourth-order valence-electron chi connectivity index (χ4n) is 3.22. The summed E-state index contributed by atoms with van der Waals surface area (Å²) in [6, 6.07) is 1.88. The maximum absolute atomic E-state index is 12.0. The van der Waals surface area contributed by atoms with Crippen LogP contribution in [0.1, 0.15) is 20.3 Å². The van der Waals surface area contributed by atoms with E-state index in [4.69, 9.17) is 0 Å². The predicted molar refractivity (Wildman–Crippen MR) is 87.6 cm³/mol. The van der Waals surface area contributed by atoms with Gasteiger partial charge in [-0.15, -0.1) is 0 Å². The average molecular weight is 307 g/mol. The number of piperidine rings is 1. The Hall–Kier alpha value is -1.56. The molecule has 0 aromatic carbocycles. The van der Waals surface area contributed by atoms with E-state index in [1.165, 1.54) is 6.42 Å². The van der Waals surface area contributed by atoms with Crippen molar-refractivity contribution in [3.05, 3.63) is 18.5 Å². The third kappa shape index (κ3) is 5.33. The fourth-order valence-corrected chi connectivity index (χ4v) is 3.22. The molecule has 1 aromatic rings. The highest BCUT2D eigenvalue weighted by Gasteiger charge is 2.21. The smallest absolute Gasteiger partial charge is 0.317 e. The molecule has 1 fully saturated rings. The van der Waals surface area contributed by atoms with Gasteiger partial charge in [-0.05, 0) is 24.3 Å². The van der Waals surface area contributed by atoms with E-state index in [-0.39, 0.29) is 6.03 Å². The van der Waals surface area contributed by atoms with Gasteiger partial charge >= 0.3 is 6.03 Å². The highest BCUT2D eigenvalue weighted by Crippen LogP contribution is 2.20. The van der Waals surface area contributed by atoms with Crippen molar-refractivity contribution in [2.75, 3.05) is 39.8 Å². The number of amides is 2. The monoisotopic (exact) mass is 307 g/mol. The van der Waals surface area contributed by atoms with Crippen LogP contribution in [0.25, 0.3) is 0 Å². The molecule has 124 valence electrons. The molecule has 0 saturated carbocycles. The number of rotatable bonds is 6. The van der Waals surface area contributed by atoms with Crippen molar-refractivity contribution in [1.29, 1.82) is 0 Å². The summed E-state index contributed by atoms with van der Waals surface area (Å²) in [7, 11) is 1.82. The predicted octanol–water partition coefficient (Wildman–Crippen LogP) is 1.50. The van der Waals surface area contributed by atoms with E-state index < -0.39 is 0 Å². The standard InChI is InChI=1S/C16H29N5O/c1-14-11-15(2)13-20(12-14)8-6-17-16(22)19(3)9-10-21-7-4-5-18-21/h4-5,7,14-15H,6,8-13H2,1-3H3,(H,17,22)/t14-,15+. The summed E-state index contributed by atoms with van der Waals surface area (Å²) < 4.78 is 1.83. The third-order valence-electron chi connectivity index (χ3n) is 4.22. The van der Waals surface area contributed by atoms with Gasteiger partial charge < -0.3 is 15.1 Å². The number of hydrogen-bond acceptors (Lipinski definition) is 3. The zero-order valence-corrected chi connectivity index (χ0v) is 14.0. The number of carbonyl (C=O) groups is 1. The third-order valence-corrected chi connectivity index (χ3v) is 4.22. The van der Waals surface area contributed by atoms with Crippen LogP contribution in [0.3, 0.4) is 0 Å². The summed E-state index contributed by atoms with van der Waals surface area (Å²) in [5, 5.41) is 7.14. The second-order valence-electron chi connectivity index (χ2n) is 6.63. The number of likely N-dealkylation sites (tertiary alicyclic amines) is 1. The summed E-state index contributed by atoms with van der Waals surface area (Å²) in [5.41, 5.74) is 0. The summed E-state index contributed by atoms with van der Waals surface area (Å²) in [4.78, 5) is 16.2. The first-order chi connectivity index (χ1) is 10.5. The van der Waals surface area contributed by atoms with Crippen molar-refractivity contribution in [2.24, 2.45) is 11.8 Å². The molecule has 6 nitrogen and oxygen atoms in total. The SMILES string of the molecule is C[C@@H]1C[C@H](C)CN(CCNC(=O)N(C)CCn2cccn2)C1. The lowest BCUT2D eigenvalue weighted by atomic mass is 9.92. The Morgan fingerprint density at radius 2 is 2.05 bits per heavy atom. The molecule has 1 aromatic heterocycles. The number of likely N-dealkylation sites (N-methyl/N-ethyl adjacent to an activating group) is 1. The van der Waals surface area contributed by atoms with Crippen LogP contribution in [0.4, 0.5) is 4.79 Å². The van der Waals surface area contributed by atoms with Gasteiger partial charge in [-0.3, -0.25) is 4.68 Å². The Morgan fingerprint density at radius 1 is 1.32 bits per heavy atom. The van der Waals surface area contributed by atoms with Crippen molar-refractivity contribution in [3.63, 3.8) is 0 Å². The molecule has 1 aliphatic rings. The van der Waals surface area contributed by atoms with Crippen molar-refractivity contribution < 1.29 is 4.79 Å². The highest BCUT2D eigenvalue weighted by molar-refractivity contribution is 5.73. The quantitative estimate of drug-likeness (QED) is 0.866. The minimum absolute atomic E-state index is 0.00902. The number of nitrogens with zero attached hydrogens (tertiary/aromatic N) is 4. The number of carbonyl (C=O) groups excluding carboxylic acids is 1. The fraction of sp³-hybridized carbons (Fsp3) is 0.750. The van der Waals surface area contributed by atoms with Crippen molar-refractivity contribution in [3.8, 4) is 0 Å². The summed E-state index contributed by atoms with van der Waals surface area (Å²) >= 11 is 0. The molecule has 2 atom stereocenters. The van der Waals surface area contributed by atoms with Crippen LogP contribution in [0.15, 0.2) is 18.5 Å². The molecule has 0 aliphatic carbocycles.